The van der Waals surface area contributed by atoms with Crippen LogP contribution in [0.3, 0.4) is 0 Å². The van der Waals surface area contributed by atoms with Crippen LogP contribution in [0.2, 0.25) is 0 Å². The number of carboxylic acid groups (broad SMARTS) is 1. The monoisotopic (exact) mass is 416 g/mol. The molecule has 0 saturated carbocycles. The molecule has 0 aliphatic heterocycles. The lowest BCUT2D eigenvalue weighted by Crippen LogP contribution is -2.45. The number of rotatable bonds is 12. The lowest BCUT2D eigenvalue weighted by atomic mass is 9.92. The number of carbonyl (C=O) groups is 3. The summed E-state index contributed by atoms with van der Waals surface area (Å²) in [5.41, 5.74) is 6.42. The first-order valence-corrected chi connectivity index (χ1v) is 10.4. The zero-order valence-electron chi connectivity index (χ0n) is 16.3. The van der Waals surface area contributed by atoms with Crippen molar-refractivity contribution in [2.45, 2.75) is 38.1 Å². The number of carboxylic acids is 1. The van der Waals surface area contributed by atoms with Crippen molar-refractivity contribution < 1.29 is 19.5 Å². The summed E-state index contributed by atoms with van der Waals surface area (Å²) < 4.78 is 0. The number of benzene rings is 2. The molecule has 4 N–H and O–H groups in total. The number of hydrogen-bond acceptors (Lipinski definition) is 5. The molecule has 7 heteroatoms. The van der Waals surface area contributed by atoms with E-state index in [4.69, 9.17) is 10.8 Å². The van der Waals surface area contributed by atoms with Gasteiger partial charge in [-0.15, -0.1) is 0 Å². The number of Topliss-reactive ketones (excluding diaryl/α,β-unsaturated/α-hetero) is 1. The van der Waals surface area contributed by atoms with E-state index in [-0.39, 0.29) is 24.4 Å². The minimum absolute atomic E-state index is 0.0123. The zero-order chi connectivity index (χ0) is 21.2. The number of carbonyl (C=O) groups excluding carboxylic acids is 2. The highest BCUT2D eigenvalue weighted by Gasteiger charge is 2.26. The Morgan fingerprint density at radius 2 is 1.79 bits per heavy atom. The van der Waals surface area contributed by atoms with Gasteiger partial charge in [0.05, 0.1) is 0 Å². The standard InChI is InChI=1S/C22H28N2O4S/c23-10-4-3-7-18(21(26)24-20(14-29)22(27)28)13-19(25)12-15-8-9-16-5-1-2-6-17(16)11-15/h1-2,5-6,8-9,11,18,20,29H,3-4,7,10,12-14,23H2,(H,24,26)(H,27,28)/t18?,20-/m0/s1. The second-order valence-electron chi connectivity index (χ2n) is 7.16. The molecule has 0 bridgehead atoms. The van der Waals surface area contributed by atoms with E-state index in [1.54, 1.807) is 0 Å². The van der Waals surface area contributed by atoms with Gasteiger partial charge in [0, 0.05) is 24.5 Å². The van der Waals surface area contributed by atoms with Crippen molar-refractivity contribution in [2.24, 2.45) is 11.7 Å². The van der Waals surface area contributed by atoms with Crippen molar-refractivity contribution in [3.8, 4) is 0 Å². The fraction of sp³-hybridized carbons (Fsp3) is 0.409. The summed E-state index contributed by atoms with van der Waals surface area (Å²) in [4.78, 5) is 36.4. The van der Waals surface area contributed by atoms with Crippen LogP contribution in [0.15, 0.2) is 42.5 Å². The van der Waals surface area contributed by atoms with E-state index in [0.717, 1.165) is 22.8 Å². The van der Waals surface area contributed by atoms with Crippen LogP contribution in [0.1, 0.15) is 31.2 Å². The molecule has 1 unspecified atom stereocenters. The van der Waals surface area contributed by atoms with Gasteiger partial charge >= 0.3 is 5.97 Å². The normalized spacial score (nSPS) is 13.0. The average molecular weight is 417 g/mol. The predicted octanol–water partition coefficient (Wildman–Crippen LogP) is 2.59. The Morgan fingerprint density at radius 1 is 1.07 bits per heavy atom. The largest absolute Gasteiger partial charge is 0.480 e. The summed E-state index contributed by atoms with van der Waals surface area (Å²) in [6.45, 7) is 0.508. The Labute approximate surface area is 176 Å². The number of hydrogen-bond donors (Lipinski definition) is 4. The molecule has 2 aromatic carbocycles. The van der Waals surface area contributed by atoms with Crippen molar-refractivity contribution in [2.75, 3.05) is 12.3 Å². The Kier molecular flexibility index (Phi) is 9.15. The quantitative estimate of drug-likeness (QED) is 0.314. The molecule has 0 aliphatic carbocycles. The van der Waals surface area contributed by atoms with Crippen LogP contribution in [0.5, 0.6) is 0 Å². The number of amides is 1. The third-order valence-electron chi connectivity index (χ3n) is 4.86. The van der Waals surface area contributed by atoms with Crippen LogP contribution in [0.4, 0.5) is 0 Å². The van der Waals surface area contributed by atoms with Crippen molar-refractivity contribution in [3.05, 3.63) is 48.0 Å². The lowest BCUT2D eigenvalue weighted by molar-refractivity contribution is -0.142. The molecule has 156 valence electrons. The van der Waals surface area contributed by atoms with Crippen LogP contribution in [-0.2, 0) is 20.8 Å². The molecule has 6 nitrogen and oxygen atoms in total. The van der Waals surface area contributed by atoms with Gasteiger partial charge in [-0.3, -0.25) is 9.59 Å². The van der Waals surface area contributed by atoms with Gasteiger partial charge < -0.3 is 16.2 Å². The number of fused-ring (bicyclic) bond motifs is 1. The molecular formula is C22H28N2O4S. The van der Waals surface area contributed by atoms with E-state index >= 15 is 0 Å². The summed E-state index contributed by atoms with van der Waals surface area (Å²) >= 11 is 3.97. The van der Waals surface area contributed by atoms with E-state index in [0.29, 0.717) is 19.4 Å². The summed E-state index contributed by atoms with van der Waals surface area (Å²) in [7, 11) is 0. The Bertz CT molecular complexity index is 856. The van der Waals surface area contributed by atoms with Crippen molar-refractivity contribution in [1.82, 2.24) is 5.32 Å². The molecule has 29 heavy (non-hydrogen) atoms. The second-order valence-corrected chi connectivity index (χ2v) is 7.53. The number of unbranched alkanes of at least 4 members (excludes halogenated alkanes) is 1. The van der Waals surface area contributed by atoms with E-state index < -0.39 is 23.8 Å². The zero-order valence-corrected chi connectivity index (χ0v) is 17.2. The topological polar surface area (TPSA) is 109 Å². The van der Waals surface area contributed by atoms with Crippen LogP contribution in [0.25, 0.3) is 10.8 Å². The van der Waals surface area contributed by atoms with Gasteiger partial charge in [-0.25, -0.2) is 4.79 Å². The van der Waals surface area contributed by atoms with Crippen LogP contribution in [-0.4, -0.2) is 41.1 Å². The maximum absolute atomic E-state index is 12.6. The van der Waals surface area contributed by atoms with E-state index in [9.17, 15) is 14.4 Å². The molecule has 0 radical (unpaired) electrons. The first-order chi connectivity index (χ1) is 13.9. The number of nitrogens with two attached hydrogens (primary N) is 1. The highest BCUT2D eigenvalue weighted by molar-refractivity contribution is 7.80. The third-order valence-corrected chi connectivity index (χ3v) is 5.23. The fourth-order valence-corrected chi connectivity index (χ4v) is 3.51. The highest BCUT2D eigenvalue weighted by Crippen LogP contribution is 2.19. The Balaban J connectivity index is 2.04. The molecule has 2 atom stereocenters. The summed E-state index contributed by atoms with van der Waals surface area (Å²) in [6.07, 6.45) is 2.25. The second kappa shape index (κ2) is 11.6. The first-order valence-electron chi connectivity index (χ1n) is 9.78. The van der Waals surface area contributed by atoms with Crippen molar-refractivity contribution in [3.63, 3.8) is 0 Å². The van der Waals surface area contributed by atoms with Gasteiger partial charge in [-0.2, -0.15) is 12.6 Å². The number of thiol groups is 1. The molecule has 0 saturated heterocycles. The summed E-state index contributed by atoms with van der Waals surface area (Å²) in [5.74, 6) is -2.20. The molecule has 0 fully saturated rings. The maximum Gasteiger partial charge on any atom is 0.327 e. The van der Waals surface area contributed by atoms with Crippen LogP contribution in [0, 0.1) is 5.92 Å². The molecule has 0 heterocycles. The first kappa shape index (κ1) is 22.9. The van der Waals surface area contributed by atoms with Gasteiger partial charge in [0.1, 0.15) is 11.8 Å². The third kappa shape index (κ3) is 7.18. The molecule has 0 spiro atoms. The van der Waals surface area contributed by atoms with E-state index in [1.165, 1.54) is 0 Å². The SMILES string of the molecule is NCCCCC(CC(=O)Cc1ccc2ccccc2c1)C(=O)N[C@@H](CS)C(=O)O. The maximum atomic E-state index is 12.6. The fourth-order valence-electron chi connectivity index (χ4n) is 3.26. The Morgan fingerprint density at radius 3 is 2.45 bits per heavy atom. The molecule has 1 amide bonds. The Hall–Kier alpha value is -2.38. The molecule has 2 aromatic rings. The lowest BCUT2D eigenvalue weighted by Gasteiger charge is -2.19. The smallest absolute Gasteiger partial charge is 0.327 e. The van der Waals surface area contributed by atoms with Gasteiger partial charge in [0.2, 0.25) is 5.91 Å². The summed E-state index contributed by atoms with van der Waals surface area (Å²) in [6, 6.07) is 12.7. The van der Waals surface area contributed by atoms with E-state index in [2.05, 4.69) is 17.9 Å². The number of aliphatic carboxylic acids is 1. The van der Waals surface area contributed by atoms with Gasteiger partial charge in [0.15, 0.2) is 0 Å². The predicted molar refractivity (Wildman–Crippen MR) is 117 cm³/mol. The van der Waals surface area contributed by atoms with Crippen LogP contribution >= 0.6 is 12.6 Å². The molecular weight excluding hydrogens is 388 g/mol. The van der Waals surface area contributed by atoms with Crippen LogP contribution < -0.4 is 11.1 Å². The highest BCUT2D eigenvalue weighted by atomic mass is 32.1. The van der Waals surface area contributed by atoms with Gasteiger partial charge in [-0.1, -0.05) is 48.9 Å². The van der Waals surface area contributed by atoms with Gasteiger partial charge in [0.25, 0.3) is 0 Å². The van der Waals surface area contributed by atoms with Crippen molar-refractivity contribution in [1.29, 1.82) is 0 Å². The number of nitrogens with one attached hydrogen (secondary N) is 1. The number of ketones is 1. The summed E-state index contributed by atoms with van der Waals surface area (Å²) in [5, 5.41) is 13.8. The van der Waals surface area contributed by atoms with Crippen molar-refractivity contribution >= 4 is 41.1 Å². The molecule has 0 aliphatic rings. The molecule has 2 rings (SSSR count). The molecule has 0 aromatic heterocycles. The van der Waals surface area contributed by atoms with Gasteiger partial charge in [-0.05, 0) is 35.7 Å². The van der Waals surface area contributed by atoms with E-state index in [1.807, 2.05) is 42.5 Å². The minimum Gasteiger partial charge on any atom is -0.480 e. The minimum atomic E-state index is -1.14. The average Bonchev–Trinajstić information content (AvgIpc) is 2.70.